The molecule has 0 aliphatic carbocycles. The van der Waals surface area contributed by atoms with Gasteiger partial charge in [0.25, 0.3) is 0 Å². The average Bonchev–Trinajstić information content (AvgIpc) is 3.04. The molecule has 1 saturated heterocycles. The van der Waals surface area contributed by atoms with E-state index in [-0.39, 0.29) is 0 Å². The summed E-state index contributed by atoms with van der Waals surface area (Å²) in [5, 5.41) is 2.50. The molecule has 0 saturated carbocycles. The van der Waals surface area contributed by atoms with Crippen LogP contribution in [0.2, 0.25) is 0 Å². The maximum atomic E-state index is 4.66. The SMILES string of the molecule is Cc1ccc2[nH]c(SCc3cc(N4CCCCC4)c(C)cn3)cc2c1. The molecule has 4 heteroatoms. The molecule has 130 valence electrons. The first kappa shape index (κ1) is 16.5. The van der Waals surface area contributed by atoms with Crippen molar-refractivity contribution in [3.05, 3.63) is 53.3 Å². The zero-order valence-electron chi connectivity index (χ0n) is 15.0. The number of rotatable bonds is 4. The van der Waals surface area contributed by atoms with Gasteiger partial charge < -0.3 is 9.88 Å². The van der Waals surface area contributed by atoms with Crippen LogP contribution in [0.15, 0.2) is 41.6 Å². The Morgan fingerprint density at radius 3 is 2.76 bits per heavy atom. The number of benzene rings is 1. The molecule has 1 aromatic carbocycles. The minimum absolute atomic E-state index is 0.896. The highest BCUT2D eigenvalue weighted by Gasteiger charge is 2.14. The summed E-state index contributed by atoms with van der Waals surface area (Å²) in [6.07, 6.45) is 6.01. The largest absolute Gasteiger partial charge is 0.371 e. The highest BCUT2D eigenvalue weighted by Crippen LogP contribution is 2.29. The van der Waals surface area contributed by atoms with Gasteiger partial charge in [-0.05, 0) is 62.9 Å². The third-order valence-electron chi connectivity index (χ3n) is 4.96. The van der Waals surface area contributed by atoms with Gasteiger partial charge in [-0.25, -0.2) is 0 Å². The van der Waals surface area contributed by atoms with E-state index in [1.807, 2.05) is 18.0 Å². The smallest absolute Gasteiger partial charge is 0.0736 e. The molecule has 3 heterocycles. The van der Waals surface area contributed by atoms with Crippen molar-refractivity contribution in [3.8, 4) is 0 Å². The number of anilines is 1. The summed E-state index contributed by atoms with van der Waals surface area (Å²) in [7, 11) is 0. The van der Waals surface area contributed by atoms with Crippen LogP contribution in [0, 0.1) is 13.8 Å². The fourth-order valence-corrected chi connectivity index (χ4v) is 4.42. The van der Waals surface area contributed by atoms with Crippen LogP contribution in [0.25, 0.3) is 10.9 Å². The number of hydrogen-bond acceptors (Lipinski definition) is 3. The summed E-state index contributed by atoms with van der Waals surface area (Å²) in [4.78, 5) is 10.7. The molecule has 3 aromatic rings. The second-order valence-electron chi connectivity index (χ2n) is 7.02. The van der Waals surface area contributed by atoms with Gasteiger partial charge in [0.15, 0.2) is 0 Å². The van der Waals surface area contributed by atoms with Gasteiger partial charge in [0.2, 0.25) is 0 Å². The predicted molar refractivity (Wildman–Crippen MR) is 108 cm³/mol. The standard InChI is InChI=1S/C21H25N3S/c1-15-6-7-19-17(10-15)11-21(23-19)25-14-18-12-20(16(2)13-22-18)24-8-4-3-5-9-24/h6-7,10-13,23H,3-5,8-9,14H2,1-2H3. The quantitative estimate of drug-likeness (QED) is 0.633. The Morgan fingerprint density at radius 1 is 1.08 bits per heavy atom. The molecule has 1 aliphatic rings. The van der Waals surface area contributed by atoms with Gasteiger partial charge in [-0.1, -0.05) is 11.6 Å². The van der Waals surface area contributed by atoms with Crippen molar-refractivity contribution < 1.29 is 0 Å². The maximum Gasteiger partial charge on any atom is 0.0736 e. The van der Waals surface area contributed by atoms with Crippen molar-refractivity contribution in [2.24, 2.45) is 0 Å². The number of nitrogens with zero attached hydrogens (tertiary/aromatic N) is 2. The molecule has 0 amide bonds. The van der Waals surface area contributed by atoms with Crippen LogP contribution in [-0.4, -0.2) is 23.1 Å². The van der Waals surface area contributed by atoms with E-state index < -0.39 is 0 Å². The lowest BCUT2D eigenvalue weighted by Gasteiger charge is -2.30. The Morgan fingerprint density at radius 2 is 1.92 bits per heavy atom. The van der Waals surface area contributed by atoms with Gasteiger partial charge in [0.1, 0.15) is 0 Å². The normalized spacial score (nSPS) is 15.0. The number of pyridine rings is 1. The van der Waals surface area contributed by atoms with Gasteiger partial charge in [-0.2, -0.15) is 0 Å². The van der Waals surface area contributed by atoms with Crippen LogP contribution in [0.1, 0.15) is 36.1 Å². The molecule has 25 heavy (non-hydrogen) atoms. The number of aromatic amines is 1. The summed E-state index contributed by atoms with van der Waals surface area (Å²) >= 11 is 1.83. The molecule has 0 spiro atoms. The van der Waals surface area contributed by atoms with Crippen LogP contribution in [0.5, 0.6) is 0 Å². The zero-order chi connectivity index (χ0) is 17.2. The van der Waals surface area contributed by atoms with E-state index in [0.29, 0.717) is 0 Å². The van der Waals surface area contributed by atoms with Crippen LogP contribution in [0.3, 0.4) is 0 Å². The van der Waals surface area contributed by atoms with E-state index in [1.165, 1.54) is 65.1 Å². The number of aryl methyl sites for hydroxylation is 2. The van der Waals surface area contributed by atoms with E-state index in [9.17, 15) is 0 Å². The molecule has 4 rings (SSSR count). The van der Waals surface area contributed by atoms with Crippen LogP contribution in [0.4, 0.5) is 5.69 Å². The third-order valence-corrected chi connectivity index (χ3v) is 5.93. The van der Waals surface area contributed by atoms with E-state index >= 15 is 0 Å². The molecule has 0 radical (unpaired) electrons. The summed E-state index contributed by atoms with van der Waals surface area (Å²) in [6.45, 7) is 6.67. The minimum Gasteiger partial charge on any atom is -0.371 e. The number of fused-ring (bicyclic) bond motifs is 1. The number of H-pyrrole nitrogens is 1. The highest BCUT2D eigenvalue weighted by atomic mass is 32.2. The first-order valence-corrected chi connectivity index (χ1v) is 10.1. The first-order valence-electron chi connectivity index (χ1n) is 9.12. The monoisotopic (exact) mass is 351 g/mol. The third kappa shape index (κ3) is 3.69. The Bertz CT molecular complexity index is 878. The topological polar surface area (TPSA) is 31.9 Å². The Kier molecular flexibility index (Phi) is 4.71. The molecule has 0 atom stereocenters. The van der Waals surface area contributed by atoms with Gasteiger partial charge in [0.05, 0.1) is 10.7 Å². The number of piperidine rings is 1. The molecule has 1 N–H and O–H groups in total. The van der Waals surface area contributed by atoms with Crippen molar-refractivity contribution in [1.82, 2.24) is 9.97 Å². The summed E-state index contributed by atoms with van der Waals surface area (Å²) in [5.41, 5.74) is 6.33. The maximum absolute atomic E-state index is 4.66. The van der Waals surface area contributed by atoms with Crippen molar-refractivity contribution in [1.29, 1.82) is 0 Å². The van der Waals surface area contributed by atoms with E-state index in [0.717, 1.165) is 11.4 Å². The fraction of sp³-hybridized carbons (Fsp3) is 0.381. The number of thioether (sulfide) groups is 1. The highest BCUT2D eigenvalue weighted by molar-refractivity contribution is 7.98. The zero-order valence-corrected chi connectivity index (χ0v) is 15.8. The minimum atomic E-state index is 0.896. The van der Waals surface area contributed by atoms with E-state index in [4.69, 9.17) is 0 Å². The van der Waals surface area contributed by atoms with Crippen molar-refractivity contribution >= 4 is 28.4 Å². The van der Waals surface area contributed by atoms with E-state index in [1.54, 1.807) is 0 Å². The summed E-state index contributed by atoms with van der Waals surface area (Å²) < 4.78 is 0. The lowest BCUT2D eigenvalue weighted by atomic mass is 10.1. The average molecular weight is 352 g/mol. The van der Waals surface area contributed by atoms with Crippen LogP contribution < -0.4 is 4.90 Å². The predicted octanol–water partition coefficient (Wildman–Crippen LogP) is 5.46. The first-order chi connectivity index (χ1) is 12.2. The van der Waals surface area contributed by atoms with E-state index in [2.05, 4.69) is 59.0 Å². The molecular weight excluding hydrogens is 326 g/mol. The molecule has 3 nitrogen and oxygen atoms in total. The van der Waals surface area contributed by atoms with Crippen molar-refractivity contribution in [2.75, 3.05) is 18.0 Å². The molecule has 0 bridgehead atoms. The Balaban J connectivity index is 1.50. The van der Waals surface area contributed by atoms with Gasteiger partial charge in [-0.15, -0.1) is 11.8 Å². The number of nitrogens with one attached hydrogen (secondary N) is 1. The Hall–Kier alpha value is -1.94. The lowest BCUT2D eigenvalue weighted by molar-refractivity contribution is 0.576. The summed E-state index contributed by atoms with van der Waals surface area (Å²) in [5.74, 6) is 0.896. The molecular formula is C21H25N3S. The second kappa shape index (κ2) is 7.12. The molecule has 1 aliphatic heterocycles. The second-order valence-corrected chi connectivity index (χ2v) is 8.04. The van der Waals surface area contributed by atoms with Crippen LogP contribution >= 0.6 is 11.8 Å². The fourth-order valence-electron chi connectivity index (χ4n) is 3.56. The van der Waals surface area contributed by atoms with Gasteiger partial charge in [0, 0.05) is 41.6 Å². The Labute approximate surface area is 153 Å². The lowest BCUT2D eigenvalue weighted by Crippen LogP contribution is -2.30. The molecule has 2 aromatic heterocycles. The van der Waals surface area contributed by atoms with Crippen molar-refractivity contribution in [3.63, 3.8) is 0 Å². The number of hydrogen-bond donors (Lipinski definition) is 1. The van der Waals surface area contributed by atoms with Crippen molar-refractivity contribution in [2.45, 2.75) is 43.9 Å². The van der Waals surface area contributed by atoms with Gasteiger partial charge >= 0.3 is 0 Å². The number of aromatic nitrogens is 2. The van der Waals surface area contributed by atoms with Gasteiger partial charge in [-0.3, -0.25) is 4.98 Å². The van der Waals surface area contributed by atoms with Crippen LogP contribution in [-0.2, 0) is 5.75 Å². The molecule has 1 fully saturated rings. The molecule has 0 unspecified atom stereocenters. The summed E-state index contributed by atoms with van der Waals surface area (Å²) in [6, 6.07) is 11.1.